The fraction of sp³-hybridized carbons (Fsp3) is 0.212. The molecule has 0 aliphatic rings. The van der Waals surface area contributed by atoms with Crippen LogP contribution in [0.4, 0.5) is 5.69 Å². The molecule has 0 bridgehead atoms. The molecule has 4 aromatic carbocycles. The van der Waals surface area contributed by atoms with Gasteiger partial charge in [0.15, 0.2) is 0 Å². The number of carbonyl (C=O) groups is 2. The number of benzene rings is 4. The second-order valence-corrected chi connectivity index (χ2v) is 13.7. The predicted molar refractivity (Wildman–Crippen MR) is 179 cm³/mol. The molecule has 4 aromatic rings. The summed E-state index contributed by atoms with van der Waals surface area (Å²) in [6.45, 7) is 1.87. The van der Waals surface area contributed by atoms with Crippen molar-refractivity contribution in [3.05, 3.63) is 129 Å². The van der Waals surface area contributed by atoms with E-state index in [4.69, 9.17) is 23.2 Å². The number of hydrogen-bond acceptors (Lipinski definition) is 4. The third-order valence-corrected chi connectivity index (χ3v) is 9.94. The molecule has 7 nitrogen and oxygen atoms in total. The van der Waals surface area contributed by atoms with Gasteiger partial charge in [-0.2, -0.15) is 0 Å². The number of nitrogens with one attached hydrogen (secondary N) is 1. The first-order chi connectivity index (χ1) is 21.1. The first-order valence-corrected chi connectivity index (χ1v) is 17.0. The van der Waals surface area contributed by atoms with Crippen molar-refractivity contribution >= 4 is 66.7 Å². The molecule has 0 aliphatic heterocycles. The Kier molecular flexibility index (Phi) is 11.9. The molecule has 11 heteroatoms. The van der Waals surface area contributed by atoms with E-state index in [1.165, 1.54) is 35.2 Å². The van der Waals surface area contributed by atoms with Crippen LogP contribution >= 0.6 is 39.1 Å². The van der Waals surface area contributed by atoms with Gasteiger partial charge in [-0.05, 0) is 60.0 Å². The van der Waals surface area contributed by atoms with Crippen molar-refractivity contribution in [2.75, 3.05) is 17.4 Å². The summed E-state index contributed by atoms with van der Waals surface area (Å²) in [4.78, 5) is 29.5. The van der Waals surface area contributed by atoms with Crippen LogP contribution in [0.1, 0.15) is 24.5 Å². The third kappa shape index (κ3) is 8.63. The Morgan fingerprint density at radius 2 is 1.48 bits per heavy atom. The number of sulfonamides is 1. The Morgan fingerprint density at radius 3 is 2.09 bits per heavy atom. The number of nitrogens with zero attached hydrogens (tertiary/aromatic N) is 2. The molecule has 230 valence electrons. The van der Waals surface area contributed by atoms with E-state index >= 15 is 0 Å². The minimum atomic E-state index is -4.23. The van der Waals surface area contributed by atoms with E-state index in [0.29, 0.717) is 13.0 Å². The maximum Gasteiger partial charge on any atom is 0.264 e. The maximum absolute atomic E-state index is 14.4. The van der Waals surface area contributed by atoms with Crippen molar-refractivity contribution in [2.45, 2.75) is 37.2 Å². The van der Waals surface area contributed by atoms with Gasteiger partial charge in [0.2, 0.25) is 11.8 Å². The van der Waals surface area contributed by atoms with E-state index in [1.807, 2.05) is 61.5 Å². The standard InChI is InChI=1S/C33H32BrCl2N3O4S/c1-2-19-37-33(41)31(20-24-9-5-3-6-10-24)38(22-25-13-15-26(34)16-14-25)32(40)23-39(27-17-18-29(35)30(36)21-27)44(42,43)28-11-7-4-8-12-28/h3-18,21,31H,2,19-20,22-23H2,1H3,(H,37,41). The fourth-order valence-corrected chi connectivity index (χ4v) is 6.58. The molecule has 2 amide bonds. The molecule has 0 heterocycles. The molecular weight excluding hydrogens is 685 g/mol. The number of hydrogen-bond donors (Lipinski definition) is 1. The van der Waals surface area contributed by atoms with E-state index in [0.717, 1.165) is 19.9 Å². The minimum Gasteiger partial charge on any atom is -0.354 e. The highest BCUT2D eigenvalue weighted by molar-refractivity contribution is 9.10. The van der Waals surface area contributed by atoms with Crippen LogP contribution in [0.25, 0.3) is 0 Å². The molecule has 0 aliphatic carbocycles. The molecule has 4 rings (SSSR count). The lowest BCUT2D eigenvalue weighted by molar-refractivity contribution is -0.140. The van der Waals surface area contributed by atoms with Crippen LogP contribution in [-0.2, 0) is 32.6 Å². The minimum absolute atomic E-state index is 0.000133. The second kappa shape index (κ2) is 15.6. The van der Waals surface area contributed by atoms with Crippen molar-refractivity contribution in [3.63, 3.8) is 0 Å². The van der Waals surface area contributed by atoms with E-state index in [-0.39, 0.29) is 39.5 Å². The van der Waals surface area contributed by atoms with Gasteiger partial charge in [0.25, 0.3) is 10.0 Å². The van der Waals surface area contributed by atoms with Crippen molar-refractivity contribution in [1.82, 2.24) is 10.2 Å². The van der Waals surface area contributed by atoms with Gasteiger partial charge in [-0.3, -0.25) is 13.9 Å². The normalized spacial score (nSPS) is 11.9. The predicted octanol–water partition coefficient (Wildman–Crippen LogP) is 7.12. The lowest BCUT2D eigenvalue weighted by Gasteiger charge is -2.34. The van der Waals surface area contributed by atoms with Crippen LogP contribution in [0, 0.1) is 0 Å². The van der Waals surface area contributed by atoms with Gasteiger partial charge >= 0.3 is 0 Å². The molecule has 0 saturated heterocycles. The molecular formula is C33H32BrCl2N3O4S. The molecule has 0 fully saturated rings. The highest BCUT2D eigenvalue weighted by Crippen LogP contribution is 2.31. The molecule has 44 heavy (non-hydrogen) atoms. The first-order valence-electron chi connectivity index (χ1n) is 14.0. The quantitative estimate of drug-likeness (QED) is 0.160. The van der Waals surface area contributed by atoms with Crippen LogP contribution in [0.5, 0.6) is 0 Å². The molecule has 0 saturated carbocycles. The number of carbonyl (C=O) groups excluding carboxylic acids is 2. The van der Waals surface area contributed by atoms with Crippen molar-refractivity contribution in [2.24, 2.45) is 0 Å². The Balaban J connectivity index is 1.80. The summed E-state index contributed by atoms with van der Waals surface area (Å²) in [6.07, 6.45) is 0.946. The van der Waals surface area contributed by atoms with Gasteiger partial charge < -0.3 is 10.2 Å². The van der Waals surface area contributed by atoms with E-state index < -0.39 is 28.5 Å². The Labute approximate surface area is 277 Å². The van der Waals surface area contributed by atoms with Crippen LogP contribution in [0.2, 0.25) is 10.0 Å². The molecule has 1 unspecified atom stereocenters. The maximum atomic E-state index is 14.4. The monoisotopic (exact) mass is 715 g/mol. The van der Waals surface area contributed by atoms with Gasteiger partial charge in [-0.1, -0.05) is 107 Å². The zero-order chi connectivity index (χ0) is 31.7. The highest BCUT2D eigenvalue weighted by Gasteiger charge is 2.34. The summed E-state index contributed by atoms with van der Waals surface area (Å²) < 4.78 is 29.9. The van der Waals surface area contributed by atoms with Crippen LogP contribution in [-0.4, -0.2) is 44.3 Å². The molecule has 1 atom stereocenters. The lowest BCUT2D eigenvalue weighted by atomic mass is 10.0. The highest BCUT2D eigenvalue weighted by atomic mass is 79.9. The SMILES string of the molecule is CCCNC(=O)C(Cc1ccccc1)N(Cc1ccc(Br)cc1)C(=O)CN(c1ccc(Cl)c(Cl)c1)S(=O)(=O)c1ccccc1. The topological polar surface area (TPSA) is 86.8 Å². The average molecular weight is 718 g/mol. The van der Waals surface area contributed by atoms with Crippen molar-refractivity contribution < 1.29 is 18.0 Å². The summed E-state index contributed by atoms with van der Waals surface area (Å²) in [5.41, 5.74) is 1.79. The number of amides is 2. The van der Waals surface area contributed by atoms with Crippen LogP contribution in [0.3, 0.4) is 0 Å². The first kappa shape index (κ1) is 33.5. The largest absolute Gasteiger partial charge is 0.354 e. The Bertz CT molecular complexity index is 1670. The van der Waals surface area contributed by atoms with Gasteiger partial charge in [-0.25, -0.2) is 8.42 Å². The van der Waals surface area contributed by atoms with Crippen LogP contribution in [0.15, 0.2) is 112 Å². The van der Waals surface area contributed by atoms with E-state index in [9.17, 15) is 18.0 Å². The van der Waals surface area contributed by atoms with Gasteiger partial charge in [0.1, 0.15) is 12.6 Å². The Hall–Kier alpha value is -3.37. The summed E-state index contributed by atoms with van der Waals surface area (Å²) >= 11 is 15.9. The number of rotatable bonds is 13. The van der Waals surface area contributed by atoms with Gasteiger partial charge in [0, 0.05) is 24.0 Å². The molecule has 0 radical (unpaired) electrons. The van der Waals surface area contributed by atoms with Gasteiger partial charge in [-0.15, -0.1) is 0 Å². The summed E-state index contributed by atoms with van der Waals surface area (Å²) in [7, 11) is -4.23. The zero-order valence-corrected chi connectivity index (χ0v) is 27.9. The summed E-state index contributed by atoms with van der Waals surface area (Å²) in [5, 5.41) is 3.31. The van der Waals surface area contributed by atoms with E-state index in [2.05, 4.69) is 21.2 Å². The van der Waals surface area contributed by atoms with Crippen molar-refractivity contribution in [1.29, 1.82) is 0 Å². The average Bonchev–Trinajstić information content (AvgIpc) is 3.03. The zero-order valence-electron chi connectivity index (χ0n) is 24.0. The smallest absolute Gasteiger partial charge is 0.264 e. The number of halogens is 3. The summed E-state index contributed by atoms with van der Waals surface area (Å²) in [6, 6.07) is 28.1. The van der Waals surface area contributed by atoms with Crippen molar-refractivity contribution in [3.8, 4) is 0 Å². The molecule has 1 N–H and O–H groups in total. The second-order valence-electron chi connectivity index (χ2n) is 10.1. The molecule has 0 aromatic heterocycles. The van der Waals surface area contributed by atoms with Crippen LogP contribution < -0.4 is 9.62 Å². The fourth-order valence-electron chi connectivity index (χ4n) is 4.60. The molecule has 0 spiro atoms. The lowest BCUT2D eigenvalue weighted by Crippen LogP contribution is -2.53. The third-order valence-electron chi connectivity index (χ3n) is 6.89. The Morgan fingerprint density at radius 1 is 0.841 bits per heavy atom. The van der Waals surface area contributed by atoms with E-state index in [1.54, 1.807) is 18.2 Å². The summed E-state index contributed by atoms with van der Waals surface area (Å²) in [5.74, 6) is -0.890. The van der Waals surface area contributed by atoms with Gasteiger partial charge in [0.05, 0.1) is 20.6 Å². The number of anilines is 1.